The molecule has 2 rings (SSSR count). The summed E-state index contributed by atoms with van der Waals surface area (Å²) in [7, 11) is 0. The molecule has 0 amide bonds. The van der Waals surface area contributed by atoms with Crippen molar-refractivity contribution in [1.29, 1.82) is 0 Å². The van der Waals surface area contributed by atoms with Crippen molar-refractivity contribution in [2.24, 2.45) is 5.41 Å². The predicted octanol–water partition coefficient (Wildman–Crippen LogP) is 2.17. The molecule has 5 heteroatoms. The predicted molar refractivity (Wildman–Crippen MR) is 66.7 cm³/mol. The third-order valence-corrected chi connectivity index (χ3v) is 2.74. The molecular formula is C12H22N4O. The topological polar surface area (TPSA) is 63.0 Å². The highest BCUT2D eigenvalue weighted by Gasteiger charge is 2.21. The maximum absolute atomic E-state index is 5.48. The van der Waals surface area contributed by atoms with Crippen LogP contribution in [0.1, 0.15) is 45.9 Å². The summed E-state index contributed by atoms with van der Waals surface area (Å²) in [5.41, 5.74) is 0.323. The van der Waals surface area contributed by atoms with Crippen LogP contribution in [0.2, 0.25) is 0 Å². The van der Waals surface area contributed by atoms with E-state index in [0.29, 0.717) is 29.9 Å². The third-order valence-electron chi connectivity index (χ3n) is 2.74. The highest BCUT2D eigenvalue weighted by molar-refractivity contribution is 5.16. The first-order valence-electron chi connectivity index (χ1n) is 6.32. The van der Waals surface area contributed by atoms with Gasteiger partial charge in [0.2, 0.25) is 5.89 Å². The number of hydrogen-bond acceptors (Lipinski definition) is 5. The quantitative estimate of drug-likeness (QED) is 0.795. The Kier molecular flexibility index (Phi) is 3.66. The van der Waals surface area contributed by atoms with Gasteiger partial charge in [-0.15, -0.1) is 5.10 Å². The van der Waals surface area contributed by atoms with Crippen LogP contribution >= 0.6 is 0 Å². The van der Waals surface area contributed by atoms with Gasteiger partial charge in [0.1, 0.15) is 0 Å². The molecule has 17 heavy (non-hydrogen) atoms. The molecule has 0 aromatic carbocycles. The first-order chi connectivity index (χ1) is 8.03. The molecule has 5 nitrogen and oxygen atoms in total. The van der Waals surface area contributed by atoms with Crippen LogP contribution in [0.25, 0.3) is 0 Å². The molecule has 1 aliphatic carbocycles. The van der Waals surface area contributed by atoms with Crippen molar-refractivity contribution < 1.29 is 4.42 Å². The van der Waals surface area contributed by atoms with Gasteiger partial charge in [0, 0.05) is 12.6 Å². The summed E-state index contributed by atoms with van der Waals surface area (Å²) >= 11 is 0. The Labute approximate surface area is 102 Å². The number of anilines is 1. The largest absolute Gasteiger partial charge is 0.407 e. The molecule has 1 heterocycles. The summed E-state index contributed by atoms with van der Waals surface area (Å²) in [4.78, 5) is 0. The zero-order valence-electron chi connectivity index (χ0n) is 10.9. The lowest BCUT2D eigenvalue weighted by molar-refractivity contribution is 0.386. The molecule has 1 saturated carbocycles. The molecule has 0 aliphatic heterocycles. The fraction of sp³-hybridized carbons (Fsp3) is 0.833. The fourth-order valence-corrected chi connectivity index (χ4v) is 1.46. The van der Waals surface area contributed by atoms with Gasteiger partial charge in [-0.1, -0.05) is 25.9 Å². The first kappa shape index (κ1) is 12.4. The lowest BCUT2D eigenvalue weighted by Crippen LogP contribution is -2.15. The Morgan fingerprint density at radius 1 is 1.29 bits per heavy atom. The Balaban J connectivity index is 1.69. The van der Waals surface area contributed by atoms with Gasteiger partial charge in [0.15, 0.2) is 0 Å². The van der Waals surface area contributed by atoms with Gasteiger partial charge >= 0.3 is 6.01 Å². The molecular weight excluding hydrogens is 216 g/mol. The molecule has 0 spiro atoms. The molecule has 1 aromatic rings. The average Bonchev–Trinajstić information content (AvgIpc) is 2.95. The summed E-state index contributed by atoms with van der Waals surface area (Å²) in [5, 5.41) is 14.5. The standard InChI is InChI=1S/C12H22N4O/c1-12(2,3)6-7-13-11-16-15-10(17-11)8-14-9-4-5-9/h9,14H,4-8H2,1-3H3,(H,13,16). The summed E-state index contributed by atoms with van der Waals surface area (Å²) < 4.78 is 5.48. The van der Waals surface area contributed by atoms with Gasteiger partial charge < -0.3 is 15.1 Å². The van der Waals surface area contributed by atoms with E-state index < -0.39 is 0 Å². The van der Waals surface area contributed by atoms with Gasteiger partial charge in [-0.2, -0.15) is 0 Å². The number of rotatable bonds is 6. The van der Waals surface area contributed by atoms with Crippen LogP contribution in [0.3, 0.4) is 0 Å². The minimum Gasteiger partial charge on any atom is -0.407 e. The second-order valence-electron chi connectivity index (χ2n) is 5.89. The molecule has 1 aromatic heterocycles. The van der Waals surface area contributed by atoms with Gasteiger partial charge in [0.05, 0.1) is 6.54 Å². The van der Waals surface area contributed by atoms with Crippen molar-refractivity contribution in [3.63, 3.8) is 0 Å². The number of nitrogens with one attached hydrogen (secondary N) is 2. The minimum atomic E-state index is 0.323. The van der Waals surface area contributed by atoms with Crippen LogP contribution in [0.15, 0.2) is 4.42 Å². The molecule has 0 bridgehead atoms. The summed E-state index contributed by atoms with van der Waals surface area (Å²) in [6, 6.07) is 1.20. The minimum absolute atomic E-state index is 0.323. The Morgan fingerprint density at radius 3 is 2.71 bits per heavy atom. The van der Waals surface area contributed by atoms with Crippen LogP contribution in [-0.2, 0) is 6.54 Å². The maximum atomic E-state index is 5.48. The second kappa shape index (κ2) is 5.04. The van der Waals surface area contributed by atoms with Crippen molar-refractivity contribution >= 4 is 6.01 Å². The number of nitrogens with zero attached hydrogens (tertiary/aromatic N) is 2. The van der Waals surface area contributed by atoms with Crippen LogP contribution in [0.4, 0.5) is 6.01 Å². The van der Waals surface area contributed by atoms with Crippen LogP contribution < -0.4 is 10.6 Å². The fourth-order valence-electron chi connectivity index (χ4n) is 1.46. The van der Waals surface area contributed by atoms with E-state index in [1.54, 1.807) is 0 Å². The lowest BCUT2D eigenvalue weighted by atomic mass is 9.92. The van der Waals surface area contributed by atoms with Crippen LogP contribution in [0.5, 0.6) is 0 Å². The molecule has 0 atom stereocenters. The van der Waals surface area contributed by atoms with E-state index >= 15 is 0 Å². The highest BCUT2D eigenvalue weighted by Crippen LogP contribution is 2.20. The number of aromatic nitrogens is 2. The van der Waals surface area contributed by atoms with Crippen molar-refractivity contribution in [3.05, 3.63) is 5.89 Å². The van der Waals surface area contributed by atoms with E-state index in [1.165, 1.54) is 12.8 Å². The monoisotopic (exact) mass is 238 g/mol. The van der Waals surface area contributed by atoms with E-state index in [9.17, 15) is 0 Å². The second-order valence-corrected chi connectivity index (χ2v) is 5.89. The molecule has 0 unspecified atom stereocenters. The number of hydrogen-bond donors (Lipinski definition) is 2. The summed E-state index contributed by atoms with van der Waals surface area (Å²) in [6.07, 6.45) is 3.61. The van der Waals surface area contributed by atoms with E-state index in [2.05, 4.69) is 41.6 Å². The molecule has 96 valence electrons. The highest BCUT2D eigenvalue weighted by atomic mass is 16.4. The maximum Gasteiger partial charge on any atom is 0.315 e. The van der Waals surface area contributed by atoms with Crippen LogP contribution in [0, 0.1) is 5.41 Å². The smallest absolute Gasteiger partial charge is 0.315 e. The Morgan fingerprint density at radius 2 is 2.06 bits per heavy atom. The zero-order chi connectivity index (χ0) is 12.3. The normalized spacial score (nSPS) is 16.2. The summed E-state index contributed by atoms with van der Waals surface area (Å²) in [5.74, 6) is 0.662. The Hall–Kier alpha value is -1.10. The molecule has 1 aliphatic rings. The summed E-state index contributed by atoms with van der Waals surface area (Å²) in [6.45, 7) is 8.19. The SMILES string of the molecule is CC(C)(C)CCNc1nnc(CNC2CC2)o1. The lowest BCUT2D eigenvalue weighted by Gasteiger charge is -2.17. The third kappa shape index (κ3) is 4.73. The molecule has 0 saturated heterocycles. The van der Waals surface area contributed by atoms with Gasteiger partial charge in [-0.25, -0.2) is 0 Å². The van der Waals surface area contributed by atoms with Crippen molar-refractivity contribution in [3.8, 4) is 0 Å². The van der Waals surface area contributed by atoms with Crippen molar-refractivity contribution in [2.45, 2.75) is 52.6 Å². The molecule has 1 fully saturated rings. The van der Waals surface area contributed by atoms with Crippen molar-refractivity contribution in [1.82, 2.24) is 15.5 Å². The van der Waals surface area contributed by atoms with E-state index in [-0.39, 0.29) is 0 Å². The first-order valence-corrected chi connectivity index (χ1v) is 6.32. The average molecular weight is 238 g/mol. The van der Waals surface area contributed by atoms with Gasteiger partial charge in [-0.05, 0) is 24.7 Å². The molecule has 0 radical (unpaired) electrons. The van der Waals surface area contributed by atoms with Crippen molar-refractivity contribution in [2.75, 3.05) is 11.9 Å². The van der Waals surface area contributed by atoms with E-state index in [1.807, 2.05) is 0 Å². The van der Waals surface area contributed by atoms with E-state index in [0.717, 1.165) is 13.0 Å². The molecule has 2 N–H and O–H groups in total. The van der Waals surface area contributed by atoms with Crippen LogP contribution in [-0.4, -0.2) is 22.8 Å². The Bertz CT molecular complexity index is 352. The van der Waals surface area contributed by atoms with Gasteiger partial charge in [0.25, 0.3) is 0 Å². The van der Waals surface area contributed by atoms with Gasteiger partial charge in [-0.3, -0.25) is 0 Å². The van der Waals surface area contributed by atoms with E-state index in [4.69, 9.17) is 4.42 Å². The zero-order valence-corrected chi connectivity index (χ0v) is 10.9.